The molecule has 2 unspecified atom stereocenters. The molecule has 4 nitrogen and oxygen atoms in total. The van der Waals surface area contributed by atoms with Gasteiger partial charge in [0.25, 0.3) is 10.0 Å². The van der Waals surface area contributed by atoms with E-state index in [2.05, 4.69) is 0 Å². The molecule has 1 saturated heterocycles. The van der Waals surface area contributed by atoms with E-state index in [-0.39, 0.29) is 4.90 Å². The highest BCUT2D eigenvalue weighted by atomic mass is 35.5. The van der Waals surface area contributed by atoms with Crippen molar-refractivity contribution in [3.05, 3.63) is 65.2 Å². The van der Waals surface area contributed by atoms with Crippen molar-refractivity contribution >= 4 is 21.6 Å². The molecule has 0 radical (unpaired) electrons. The van der Waals surface area contributed by atoms with Gasteiger partial charge < -0.3 is 0 Å². The Morgan fingerprint density at radius 1 is 1.00 bits per heavy atom. The van der Waals surface area contributed by atoms with Crippen LogP contribution < -0.4 is 0 Å². The molecule has 1 aliphatic heterocycles. The number of nitrogens with zero attached hydrogens (tertiary/aromatic N) is 1. The summed E-state index contributed by atoms with van der Waals surface area (Å²) in [6, 6.07) is 15.2. The van der Waals surface area contributed by atoms with Gasteiger partial charge in [-0.3, -0.25) is 4.84 Å². The van der Waals surface area contributed by atoms with Gasteiger partial charge in [-0.05, 0) is 22.7 Å². The molecule has 0 bridgehead atoms. The Labute approximate surface area is 116 Å². The molecule has 1 fully saturated rings. The van der Waals surface area contributed by atoms with Crippen molar-refractivity contribution in [3.63, 3.8) is 0 Å². The Balaban J connectivity index is 1.90. The molecule has 1 heterocycles. The van der Waals surface area contributed by atoms with E-state index >= 15 is 0 Å². The standard InChI is InChI=1S/C13H10ClNO3S/c14-12-9-5-4-8-11(12)13-15(18-13)19(16,17)10-6-2-1-3-7-10/h1-9,13H. The molecule has 0 N–H and O–H groups in total. The Bertz CT molecular complexity index is 703. The molecular weight excluding hydrogens is 286 g/mol. The fourth-order valence-corrected chi connectivity index (χ4v) is 3.29. The topological polar surface area (TPSA) is 49.7 Å². The van der Waals surface area contributed by atoms with Crippen LogP contribution in [0.4, 0.5) is 0 Å². The van der Waals surface area contributed by atoms with Crippen molar-refractivity contribution in [3.8, 4) is 0 Å². The lowest BCUT2D eigenvalue weighted by molar-refractivity contribution is 0.283. The third-order valence-electron chi connectivity index (χ3n) is 2.80. The second kappa shape index (κ2) is 4.61. The number of hydroxylamine groups is 1. The van der Waals surface area contributed by atoms with Gasteiger partial charge in [-0.25, -0.2) is 8.42 Å². The van der Waals surface area contributed by atoms with Gasteiger partial charge in [0, 0.05) is 10.6 Å². The number of benzene rings is 2. The van der Waals surface area contributed by atoms with E-state index in [1.54, 1.807) is 42.5 Å². The molecule has 1 aliphatic rings. The molecule has 0 saturated carbocycles. The van der Waals surface area contributed by atoms with E-state index < -0.39 is 16.3 Å². The summed E-state index contributed by atoms with van der Waals surface area (Å²) in [6.45, 7) is 0. The van der Waals surface area contributed by atoms with E-state index in [1.165, 1.54) is 12.1 Å². The van der Waals surface area contributed by atoms with Crippen LogP contribution in [-0.4, -0.2) is 12.9 Å². The summed E-state index contributed by atoms with van der Waals surface area (Å²) in [5, 5.41) is 0.485. The van der Waals surface area contributed by atoms with E-state index in [9.17, 15) is 8.42 Å². The Kier molecular flexibility index (Phi) is 3.06. The summed E-state index contributed by atoms with van der Waals surface area (Å²) in [4.78, 5) is 5.36. The van der Waals surface area contributed by atoms with Gasteiger partial charge in [0.2, 0.25) is 0 Å². The smallest absolute Gasteiger partial charge is 0.253 e. The van der Waals surface area contributed by atoms with Gasteiger partial charge in [0.1, 0.15) is 0 Å². The normalized spacial score (nSPS) is 22.2. The third-order valence-corrected chi connectivity index (χ3v) is 4.76. The minimum absolute atomic E-state index is 0.199. The average Bonchev–Trinajstić information content (AvgIpc) is 3.21. The van der Waals surface area contributed by atoms with Gasteiger partial charge in [-0.2, -0.15) is 0 Å². The van der Waals surface area contributed by atoms with Crippen LogP contribution in [0.1, 0.15) is 11.8 Å². The Hall–Kier alpha value is -1.40. The highest BCUT2D eigenvalue weighted by molar-refractivity contribution is 7.89. The maximum atomic E-state index is 12.2. The molecule has 0 aliphatic carbocycles. The molecule has 2 aromatic rings. The molecular formula is C13H10ClNO3S. The highest BCUT2D eigenvalue weighted by Gasteiger charge is 2.49. The summed E-state index contributed by atoms with van der Waals surface area (Å²) < 4.78 is 25.5. The Morgan fingerprint density at radius 2 is 1.63 bits per heavy atom. The van der Waals surface area contributed by atoms with Crippen molar-refractivity contribution in [1.29, 1.82) is 0 Å². The molecule has 0 spiro atoms. The zero-order chi connectivity index (χ0) is 13.5. The fourth-order valence-electron chi connectivity index (χ4n) is 1.80. The van der Waals surface area contributed by atoms with Crippen molar-refractivity contribution in [2.45, 2.75) is 11.1 Å². The maximum absolute atomic E-state index is 12.2. The highest BCUT2D eigenvalue weighted by Crippen LogP contribution is 2.44. The van der Waals surface area contributed by atoms with Crippen molar-refractivity contribution < 1.29 is 13.3 Å². The van der Waals surface area contributed by atoms with Crippen molar-refractivity contribution in [2.75, 3.05) is 0 Å². The van der Waals surface area contributed by atoms with Gasteiger partial charge in [-0.15, -0.1) is 0 Å². The van der Waals surface area contributed by atoms with Gasteiger partial charge in [-0.1, -0.05) is 48.0 Å². The lowest BCUT2D eigenvalue weighted by Gasteiger charge is -2.02. The van der Waals surface area contributed by atoms with E-state index in [0.29, 0.717) is 10.6 Å². The second-order valence-corrected chi connectivity index (χ2v) is 6.24. The van der Waals surface area contributed by atoms with Crippen LogP contribution in [0.25, 0.3) is 0 Å². The maximum Gasteiger partial charge on any atom is 0.267 e. The summed E-state index contributed by atoms with van der Waals surface area (Å²) in [5.41, 5.74) is 0.642. The quantitative estimate of drug-likeness (QED) is 0.818. The van der Waals surface area contributed by atoms with Crippen LogP contribution in [0.2, 0.25) is 5.02 Å². The third kappa shape index (κ3) is 2.26. The van der Waals surface area contributed by atoms with Crippen LogP contribution in [-0.2, 0) is 14.9 Å². The van der Waals surface area contributed by atoms with Crippen molar-refractivity contribution in [1.82, 2.24) is 4.47 Å². The summed E-state index contributed by atoms with van der Waals surface area (Å²) in [7, 11) is -3.63. The molecule has 3 rings (SSSR count). The van der Waals surface area contributed by atoms with Crippen LogP contribution in [0, 0.1) is 0 Å². The molecule has 0 aromatic heterocycles. The van der Waals surface area contributed by atoms with Crippen LogP contribution >= 0.6 is 11.6 Å². The van der Waals surface area contributed by atoms with E-state index in [1.807, 2.05) is 0 Å². The Morgan fingerprint density at radius 3 is 2.32 bits per heavy atom. The largest absolute Gasteiger partial charge is 0.267 e. The lowest BCUT2D eigenvalue weighted by atomic mass is 10.2. The number of rotatable bonds is 3. The first-order valence-corrected chi connectivity index (χ1v) is 7.43. The minimum Gasteiger partial charge on any atom is -0.253 e. The van der Waals surface area contributed by atoms with Crippen molar-refractivity contribution in [2.24, 2.45) is 0 Å². The van der Waals surface area contributed by atoms with Crippen LogP contribution in [0.3, 0.4) is 0 Å². The summed E-state index contributed by atoms with van der Waals surface area (Å²) in [6.07, 6.45) is -0.640. The number of halogens is 1. The predicted molar refractivity (Wildman–Crippen MR) is 70.7 cm³/mol. The first-order chi connectivity index (χ1) is 9.10. The second-order valence-electron chi connectivity index (χ2n) is 4.05. The van der Waals surface area contributed by atoms with Gasteiger partial charge >= 0.3 is 0 Å². The first kappa shape index (κ1) is 12.6. The predicted octanol–water partition coefficient (Wildman–Crippen LogP) is 2.97. The van der Waals surface area contributed by atoms with Gasteiger partial charge in [0.15, 0.2) is 6.23 Å². The number of hydrogen-bond donors (Lipinski definition) is 0. The zero-order valence-corrected chi connectivity index (χ0v) is 11.3. The summed E-state index contributed by atoms with van der Waals surface area (Å²) >= 11 is 6.02. The molecule has 6 heteroatoms. The number of hydrogen-bond acceptors (Lipinski definition) is 3. The number of sulfonamides is 1. The van der Waals surface area contributed by atoms with E-state index in [0.717, 1.165) is 4.47 Å². The van der Waals surface area contributed by atoms with Crippen LogP contribution in [0.15, 0.2) is 59.5 Å². The first-order valence-electron chi connectivity index (χ1n) is 5.61. The lowest BCUT2D eigenvalue weighted by Crippen LogP contribution is -2.12. The van der Waals surface area contributed by atoms with E-state index in [4.69, 9.17) is 16.4 Å². The molecule has 0 amide bonds. The summed E-state index contributed by atoms with van der Waals surface area (Å²) in [5.74, 6) is 0. The molecule has 2 aromatic carbocycles. The minimum atomic E-state index is -3.63. The average molecular weight is 296 g/mol. The van der Waals surface area contributed by atoms with Gasteiger partial charge in [0.05, 0.1) is 4.90 Å². The zero-order valence-electron chi connectivity index (χ0n) is 9.73. The molecule has 98 valence electrons. The molecule has 19 heavy (non-hydrogen) atoms. The fraction of sp³-hybridized carbons (Fsp3) is 0.0769. The molecule has 2 atom stereocenters. The monoisotopic (exact) mass is 295 g/mol. The van der Waals surface area contributed by atoms with Crippen LogP contribution in [0.5, 0.6) is 0 Å². The SMILES string of the molecule is O=S(=O)(c1ccccc1)N1OC1c1ccccc1Cl.